The Morgan fingerprint density at radius 1 is 1.44 bits per heavy atom. The minimum atomic E-state index is -0.371. The van der Waals surface area contributed by atoms with Gasteiger partial charge in [0.15, 0.2) is 0 Å². The molecule has 0 aliphatic carbocycles. The second-order valence-electron chi connectivity index (χ2n) is 7.01. The number of hydrogen-bond donors (Lipinski definition) is 1. The second kappa shape index (κ2) is 6.55. The van der Waals surface area contributed by atoms with E-state index in [0.29, 0.717) is 19.5 Å². The number of hydrogen-bond acceptors (Lipinski definition) is 6. The van der Waals surface area contributed by atoms with Crippen LogP contribution in [0.15, 0.2) is 9.90 Å². The average molecular weight is 361 g/mol. The van der Waals surface area contributed by atoms with E-state index in [9.17, 15) is 9.90 Å². The molecule has 134 valence electrons. The highest BCUT2D eigenvalue weighted by molar-refractivity contribution is 7.10. The first-order valence-corrected chi connectivity index (χ1v) is 9.61. The Bertz CT molecular complexity index is 778. The van der Waals surface area contributed by atoms with Gasteiger partial charge in [0.2, 0.25) is 0 Å². The standard InChI is InChI=1S/C18H23N3O3S/c1-11-15(12(2)24-19-11)8-20-5-4-14-16(10-25-17(14)9-20)18(23)21-6-3-13(22)7-21/h10,13,22H,3-9H2,1-2H3/t13-/m1/s1. The molecule has 1 saturated heterocycles. The Balaban J connectivity index is 1.48. The van der Waals surface area contributed by atoms with E-state index in [4.69, 9.17) is 4.52 Å². The maximum Gasteiger partial charge on any atom is 0.255 e. The van der Waals surface area contributed by atoms with E-state index in [0.717, 1.165) is 43.1 Å². The molecule has 0 bridgehead atoms. The molecule has 1 amide bonds. The summed E-state index contributed by atoms with van der Waals surface area (Å²) in [5.74, 6) is 0.964. The number of aromatic nitrogens is 1. The molecule has 2 aromatic heterocycles. The first-order chi connectivity index (χ1) is 12.0. The minimum absolute atomic E-state index is 0.0771. The third-order valence-corrected chi connectivity index (χ3v) is 6.28. The maximum absolute atomic E-state index is 12.7. The van der Waals surface area contributed by atoms with Crippen molar-refractivity contribution in [3.8, 4) is 0 Å². The molecule has 7 heteroatoms. The van der Waals surface area contributed by atoms with E-state index in [-0.39, 0.29) is 12.0 Å². The highest BCUT2D eigenvalue weighted by Gasteiger charge is 2.30. The van der Waals surface area contributed by atoms with Crippen LogP contribution in [0.5, 0.6) is 0 Å². The van der Waals surface area contributed by atoms with Crippen molar-refractivity contribution in [2.75, 3.05) is 19.6 Å². The second-order valence-corrected chi connectivity index (χ2v) is 7.97. The van der Waals surface area contributed by atoms with E-state index in [1.165, 1.54) is 16.0 Å². The zero-order chi connectivity index (χ0) is 17.6. The predicted octanol–water partition coefficient (Wildman–Crippen LogP) is 2.12. The van der Waals surface area contributed by atoms with Gasteiger partial charge in [-0.25, -0.2) is 0 Å². The number of aliphatic hydroxyl groups is 1. The van der Waals surface area contributed by atoms with Crippen molar-refractivity contribution >= 4 is 17.2 Å². The van der Waals surface area contributed by atoms with Crippen LogP contribution in [0.25, 0.3) is 0 Å². The van der Waals surface area contributed by atoms with Gasteiger partial charge >= 0.3 is 0 Å². The Labute approximate surface area is 151 Å². The van der Waals surface area contributed by atoms with Gasteiger partial charge in [0.25, 0.3) is 5.91 Å². The Morgan fingerprint density at radius 3 is 2.96 bits per heavy atom. The number of thiophene rings is 1. The zero-order valence-corrected chi connectivity index (χ0v) is 15.4. The highest BCUT2D eigenvalue weighted by atomic mass is 32.1. The summed E-state index contributed by atoms with van der Waals surface area (Å²) >= 11 is 1.67. The molecule has 0 spiro atoms. The number of likely N-dealkylation sites (tertiary alicyclic amines) is 1. The molecule has 4 heterocycles. The lowest BCUT2D eigenvalue weighted by atomic mass is 10.0. The number of β-amino-alcohol motifs (C(OH)–C–C–N with tert-alkyl or cyclic N) is 1. The third-order valence-electron chi connectivity index (χ3n) is 5.27. The van der Waals surface area contributed by atoms with Crippen LogP contribution in [-0.4, -0.2) is 51.7 Å². The van der Waals surface area contributed by atoms with E-state index in [1.807, 2.05) is 19.2 Å². The SMILES string of the molecule is Cc1noc(C)c1CN1CCc2c(C(=O)N3CC[C@@H](O)C3)csc2C1. The topological polar surface area (TPSA) is 69.8 Å². The van der Waals surface area contributed by atoms with Crippen molar-refractivity contribution in [1.82, 2.24) is 15.0 Å². The van der Waals surface area contributed by atoms with Gasteiger partial charge in [0.1, 0.15) is 5.76 Å². The van der Waals surface area contributed by atoms with Gasteiger partial charge in [0, 0.05) is 48.5 Å². The largest absolute Gasteiger partial charge is 0.391 e. The summed E-state index contributed by atoms with van der Waals surface area (Å²) in [5.41, 5.74) is 4.16. The van der Waals surface area contributed by atoms with Crippen molar-refractivity contribution in [3.05, 3.63) is 38.4 Å². The van der Waals surface area contributed by atoms with Gasteiger partial charge in [-0.15, -0.1) is 11.3 Å². The fourth-order valence-corrected chi connectivity index (χ4v) is 4.86. The lowest BCUT2D eigenvalue weighted by Crippen LogP contribution is -2.33. The van der Waals surface area contributed by atoms with Crippen LogP contribution in [0.4, 0.5) is 0 Å². The number of rotatable bonds is 3. The monoisotopic (exact) mass is 361 g/mol. The van der Waals surface area contributed by atoms with E-state index >= 15 is 0 Å². The average Bonchev–Trinajstić information content (AvgIpc) is 3.29. The molecular weight excluding hydrogens is 338 g/mol. The maximum atomic E-state index is 12.7. The Hall–Kier alpha value is -1.70. The number of aryl methyl sites for hydroxylation is 2. The molecule has 25 heavy (non-hydrogen) atoms. The number of carbonyl (C=O) groups excluding carboxylic acids is 1. The fraction of sp³-hybridized carbons (Fsp3) is 0.556. The number of fused-ring (bicyclic) bond motifs is 1. The van der Waals surface area contributed by atoms with Crippen LogP contribution >= 0.6 is 11.3 Å². The number of amides is 1. The first kappa shape index (κ1) is 16.8. The van der Waals surface area contributed by atoms with Crippen molar-refractivity contribution in [3.63, 3.8) is 0 Å². The van der Waals surface area contributed by atoms with Gasteiger partial charge < -0.3 is 14.5 Å². The summed E-state index contributed by atoms with van der Waals surface area (Å²) in [4.78, 5) is 18.2. The smallest absolute Gasteiger partial charge is 0.255 e. The molecular formula is C18H23N3O3S. The van der Waals surface area contributed by atoms with Crippen molar-refractivity contribution in [2.45, 2.75) is 45.9 Å². The molecule has 0 aromatic carbocycles. The van der Waals surface area contributed by atoms with Gasteiger partial charge in [-0.3, -0.25) is 9.69 Å². The number of aliphatic hydroxyl groups excluding tert-OH is 1. The molecule has 0 saturated carbocycles. The van der Waals surface area contributed by atoms with Gasteiger partial charge in [0.05, 0.1) is 17.4 Å². The molecule has 1 N–H and O–H groups in total. The summed E-state index contributed by atoms with van der Waals surface area (Å²) < 4.78 is 5.26. The summed E-state index contributed by atoms with van der Waals surface area (Å²) in [7, 11) is 0. The molecule has 0 radical (unpaired) electrons. The molecule has 1 fully saturated rings. The van der Waals surface area contributed by atoms with Crippen molar-refractivity contribution in [2.24, 2.45) is 0 Å². The summed E-state index contributed by atoms with van der Waals surface area (Å²) in [5, 5.41) is 15.7. The lowest BCUT2D eigenvalue weighted by molar-refractivity contribution is 0.0763. The van der Waals surface area contributed by atoms with Crippen LogP contribution in [0, 0.1) is 13.8 Å². The van der Waals surface area contributed by atoms with Crippen LogP contribution in [-0.2, 0) is 19.5 Å². The molecule has 2 aromatic rings. The van der Waals surface area contributed by atoms with Gasteiger partial charge in [-0.2, -0.15) is 0 Å². The van der Waals surface area contributed by atoms with Crippen molar-refractivity contribution in [1.29, 1.82) is 0 Å². The van der Waals surface area contributed by atoms with E-state index in [2.05, 4.69) is 10.1 Å². The quantitative estimate of drug-likeness (QED) is 0.907. The molecule has 2 aliphatic heterocycles. The van der Waals surface area contributed by atoms with Crippen LogP contribution < -0.4 is 0 Å². The lowest BCUT2D eigenvalue weighted by Gasteiger charge is -2.27. The third kappa shape index (κ3) is 3.12. The summed E-state index contributed by atoms with van der Waals surface area (Å²) in [6, 6.07) is 0. The van der Waals surface area contributed by atoms with Crippen LogP contribution in [0.2, 0.25) is 0 Å². The van der Waals surface area contributed by atoms with Gasteiger partial charge in [-0.05, 0) is 32.3 Å². The molecule has 6 nitrogen and oxygen atoms in total. The highest BCUT2D eigenvalue weighted by Crippen LogP contribution is 2.31. The van der Waals surface area contributed by atoms with Gasteiger partial charge in [-0.1, -0.05) is 5.16 Å². The first-order valence-electron chi connectivity index (χ1n) is 8.73. The number of nitrogens with zero attached hydrogens (tertiary/aromatic N) is 3. The normalized spacial score (nSPS) is 20.9. The number of carbonyl (C=O) groups is 1. The van der Waals surface area contributed by atoms with Crippen LogP contribution in [0.1, 0.15) is 44.2 Å². The minimum Gasteiger partial charge on any atom is -0.391 e. The van der Waals surface area contributed by atoms with E-state index < -0.39 is 0 Å². The summed E-state index contributed by atoms with van der Waals surface area (Å²) in [6.45, 7) is 7.67. The van der Waals surface area contributed by atoms with Crippen molar-refractivity contribution < 1.29 is 14.4 Å². The molecule has 2 aliphatic rings. The molecule has 1 atom stereocenters. The van der Waals surface area contributed by atoms with E-state index in [1.54, 1.807) is 16.2 Å². The predicted molar refractivity (Wildman–Crippen MR) is 94.6 cm³/mol. The Kier molecular flexibility index (Phi) is 4.39. The molecule has 0 unspecified atom stereocenters. The fourth-order valence-electron chi connectivity index (χ4n) is 3.74. The van der Waals surface area contributed by atoms with Crippen LogP contribution in [0.3, 0.4) is 0 Å². The zero-order valence-electron chi connectivity index (χ0n) is 14.6. The Morgan fingerprint density at radius 2 is 2.28 bits per heavy atom. The molecule has 4 rings (SSSR count). The summed E-state index contributed by atoms with van der Waals surface area (Å²) in [6.07, 6.45) is 1.20.